The number of carbonyl (C=O) groups is 1. The number of benzene rings is 2. The van der Waals surface area contributed by atoms with Crippen molar-refractivity contribution in [3.8, 4) is 11.8 Å². The molecule has 0 aromatic heterocycles. The average molecular weight is 364 g/mol. The first-order valence-electron chi connectivity index (χ1n) is 8.91. The van der Waals surface area contributed by atoms with Crippen molar-refractivity contribution < 1.29 is 13.9 Å². The number of carbonyl (C=O) groups excluding carboxylic acids is 1. The summed E-state index contributed by atoms with van der Waals surface area (Å²) in [6, 6.07) is 13.1. The van der Waals surface area contributed by atoms with Crippen LogP contribution in [0.5, 0.6) is 5.75 Å². The number of halogens is 1. The minimum absolute atomic E-state index is 0.117. The van der Waals surface area contributed by atoms with Crippen LogP contribution < -0.4 is 4.74 Å². The molecule has 0 spiro atoms. The van der Waals surface area contributed by atoms with Crippen molar-refractivity contribution in [1.82, 2.24) is 4.90 Å². The summed E-state index contributed by atoms with van der Waals surface area (Å²) in [6.07, 6.45) is 6.41. The highest BCUT2D eigenvalue weighted by molar-refractivity contribution is 6.09. The Hall–Kier alpha value is -2.97. The predicted molar refractivity (Wildman–Crippen MR) is 101 cm³/mol. The van der Waals surface area contributed by atoms with Crippen molar-refractivity contribution in [2.45, 2.75) is 18.9 Å². The molecule has 0 aliphatic heterocycles. The summed E-state index contributed by atoms with van der Waals surface area (Å²) >= 11 is 0. The molecule has 5 heteroatoms. The van der Waals surface area contributed by atoms with Crippen LogP contribution in [0.4, 0.5) is 4.39 Å². The molecule has 1 saturated carbocycles. The molecule has 138 valence electrons. The van der Waals surface area contributed by atoms with Gasteiger partial charge in [0.1, 0.15) is 6.61 Å². The van der Waals surface area contributed by atoms with Crippen molar-refractivity contribution in [3.63, 3.8) is 0 Å². The van der Waals surface area contributed by atoms with Gasteiger partial charge in [-0.2, -0.15) is 5.26 Å². The number of hydrogen-bond acceptors (Lipinski definition) is 4. The van der Waals surface area contributed by atoms with Gasteiger partial charge in [0, 0.05) is 23.7 Å². The molecular formula is C22H21FN2O2. The molecule has 3 rings (SSSR count). The fraction of sp³-hybridized carbons (Fsp3) is 0.273. The van der Waals surface area contributed by atoms with Gasteiger partial charge in [0.05, 0.1) is 11.6 Å². The van der Waals surface area contributed by atoms with Crippen molar-refractivity contribution in [3.05, 3.63) is 77.1 Å². The molecule has 1 aliphatic carbocycles. The second-order valence-corrected chi connectivity index (χ2v) is 6.62. The van der Waals surface area contributed by atoms with Gasteiger partial charge in [0.25, 0.3) is 0 Å². The summed E-state index contributed by atoms with van der Waals surface area (Å²) in [5.74, 6) is -0.752. The molecule has 0 N–H and O–H groups in total. The monoisotopic (exact) mass is 364 g/mol. The zero-order chi connectivity index (χ0) is 19.2. The van der Waals surface area contributed by atoms with Crippen LogP contribution in [0.15, 0.2) is 54.6 Å². The topological polar surface area (TPSA) is 53.3 Å². The molecule has 0 bridgehead atoms. The summed E-state index contributed by atoms with van der Waals surface area (Å²) < 4.78 is 19.7. The van der Waals surface area contributed by atoms with Crippen LogP contribution in [0.25, 0.3) is 0 Å². The number of rotatable bonds is 8. The molecule has 0 amide bonds. The first kappa shape index (κ1) is 18.8. The molecule has 27 heavy (non-hydrogen) atoms. The van der Waals surface area contributed by atoms with Gasteiger partial charge in [-0.3, -0.25) is 9.69 Å². The first-order valence-corrected chi connectivity index (χ1v) is 8.91. The molecule has 2 aromatic rings. The third-order valence-corrected chi connectivity index (χ3v) is 4.54. The van der Waals surface area contributed by atoms with E-state index in [-0.39, 0.29) is 23.7 Å². The smallest absolute Gasteiger partial charge is 0.193 e. The Kier molecular flexibility index (Phi) is 6.00. The van der Waals surface area contributed by atoms with E-state index in [0.717, 1.165) is 6.54 Å². The Morgan fingerprint density at radius 1 is 1.22 bits per heavy atom. The predicted octanol–water partition coefficient (Wildman–Crippen LogP) is 3.96. The maximum absolute atomic E-state index is 14.2. The molecule has 0 saturated heterocycles. The van der Waals surface area contributed by atoms with E-state index in [0.29, 0.717) is 17.2 Å². The molecule has 0 radical (unpaired) electrons. The van der Waals surface area contributed by atoms with E-state index < -0.39 is 5.82 Å². The molecule has 4 nitrogen and oxygen atoms in total. The van der Waals surface area contributed by atoms with E-state index in [4.69, 9.17) is 10.00 Å². The van der Waals surface area contributed by atoms with Crippen LogP contribution in [0.2, 0.25) is 0 Å². The third kappa shape index (κ3) is 5.02. The van der Waals surface area contributed by atoms with Crippen molar-refractivity contribution >= 4 is 5.78 Å². The lowest BCUT2D eigenvalue weighted by Gasteiger charge is -2.12. The Bertz CT molecular complexity index is 880. The van der Waals surface area contributed by atoms with Gasteiger partial charge in [0.2, 0.25) is 0 Å². The zero-order valence-corrected chi connectivity index (χ0v) is 15.2. The zero-order valence-electron chi connectivity index (χ0n) is 15.2. The molecule has 1 aliphatic rings. The number of ether oxygens (including phenoxy) is 1. The average Bonchev–Trinajstić information content (AvgIpc) is 3.53. The van der Waals surface area contributed by atoms with Crippen LogP contribution >= 0.6 is 0 Å². The summed E-state index contributed by atoms with van der Waals surface area (Å²) in [7, 11) is 2.09. The molecule has 0 atom stereocenters. The van der Waals surface area contributed by atoms with E-state index in [1.807, 2.05) is 18.2 Å². The molecule has 1 fully saturated rings. The maximum Gasteiger partial charge on any atom is 0.193 e. The fourth-order valence-electron chi connectivity index (χ4n) is 2.73. The van der Waals surface area contributed by atoms with E-state index >= 15 is 0 Å². The van der Waals surface area contributed by atoms with Crippen LogP contribution in [-0.4, -0.2) is 36.9 Å². The van der Waals surface area contributed by atoms with E-state index in [1.165, 1.54) is 25.0 Å². The third-order valence-electron chi connectivity index (χ3n) is 4.54. The summed E-state index contributed by atoms with van der Waals surface area (Å²) in [6.45, 7) is 1.13. The second-order valence-electron chi connectivity index (χ2n) is 6.62. The van der Waals surface area contributed by atoms with Crippen LogP contribution in [0, 0.1) is 17.1 Å². The van der Waals surface area contributed by atoms with Crippen molar-refractivity contribution in [2.75, 3.05) is 20.2 Å². The van der Waals surface area contributed by atoms with Gasteiger partial charge in [-0.1, -0.05) is 12.2 Å². The minimum atomic E-state index is -0.571. The molecule has 0 unspecified atom stereocenters. The number of nitriles is 1. The van der Waals surface area contributed by atoms with E-state index in [2.05, 4.69) is 11.9 Å². The highest BCUT2D eigenvalue weighted by Crippen LogP contribution is 2.25. The highest BCUT2D eigenvalue weighted by atomic mass is 19.1. The normalized spacial score (nSPS) is 13.7. The molecular weight excluding hydrogens is 343 g/mol. The maximum atomic E-state index is 14.2. The number of ketones is 1. The standard InChI is InChI=1S/C22H21FN2O2/c1-25(19-9-10-19)12-2-3-13-27-21-11-8-18(14-20(21)23)22(26)17-6-4-16(15-24)5-7-17/h2-8,11,14,19H,9-10,12-13H2,1H3/b3-2+. The van der Waals surface area contributed by atoms with Crippen LogP contribution in [0.3, 0.4) is 0 Å². The van der Waals surface area contributed by atoms with Gasteiger partial charge < -0.3 is 4.74 Å². The first-order chi connectivity index (χ1) is 13.1. The lowest BCUT2D eigenvalue weighted by molar-refractivity contribution is 0.103. The van der Waals surface area contributed by atoms with Crippen molar-refractivity contribution in [2.24, 2.45) is 0 Å². The summed E-state index contributed by atoms with van der Waals surface area (Å²) in [5.41, 5.74) is 1.12. The minimum Gasteiger partial charge on any atom is -0.486 e. The number of nitrogens with zero attached hydrogens (tertiary/aromatic N) is 2. The Morgan fingerprint density at radius 2 is 1.93 bits per heavy atom. The largest absolute Gasteiger partial charge is 0.486 e. The van der Waals surface area contributed by atoms with Gasteiger partial charge in [-0.05, 0) is 62.4 Å². The number of hydrogen-bond donors (Lipinski definition) is 0. The lowest BCUT2D eigenvalue weighted by Crippen LogP contribution is -2.20. The Labute approximate surface area is 158 Å². The molecule has 2 aromatic carbocycles. The van der Waals surface area contributed by atoms with Gasteiger partial charge in [-0.15, -0.1) is 0 Å². The summed E-state index contributed by atoms with van der Waals surface area (Å²) in [4.78, 5) is 14.7. The lowest BCUT2D eigenvalue weighted by atomic mass is 10.0. The Morgan fingerprint density at radius 3 is 2.56 bits per heavy atom. The molecule has 0 heterocycles. The van der Waals surface area contributed by atoms with Crippen LogP contribution in [-0.2, 0) is 0 Å². The van der Waals surface area contributed by atoms with Crippen LogP contribution in [0.1, 0.15) is 34.3 Å². The van der Waals surface area contributed by atoms with E-state index in [1.54, 1.807) is 30.3 Å². The number of likely N-dealkylation sites (N-methyl/N-ethyl adjacent to an activating group) is 1. The van der Waals surface area contributed by atoms with Crippen molar-refractivity contribution in [1.29, 1.82) is 5.26 Å². The van der Waals surface area contributed by atoms with Gasteiger partial charge >= 0.3 is 0 Å². The Balaban J connectivity index is 1.56. The van der Waals surface area contributed by atoms with Gasteiger partial charge in [0.15, 0.2) is 17.3 Å². The van der Waals surface area contributed by atoms with E-state index in [9.17, 15) is 9.18 Å². The fourth-order valence-corrected chi connectivity index (χ4v) is 2.73. The summed E-state index contributed by atoms with van der Waals surface area (Å²) in [5, 5.41) is 8.80. The second kappa shape index (κ2) is 8.61. The quantitative estimate of drug-likeness (QED) is 0.526. The van der Waals surface area contributed by atoms with Gasteiger partial charge in [-0.25, -0.2) is 4.39 Å². The highest BCUT2D eigenvalue weighted by Gasteiger charge is 2.24. The SMILES string of the molecule is CN(C/C=C/COc1ccc(C(=O)c2ccc(C#N)cc2)cc1F)C1CC1.